The number of unbranched alkanes of at least 4 members (excludes halogenated alkanes) is 1. The quantitative estimate of drug-likeness (QED) is 0.357. The number of nitrogens with one attached hydrogen (secondary N) is 1. The molecule has 2 rings (SSSR count). The van der Waals surface area contributed by atoms with E-state index < -0.39 is 0 Å². The average Bonchev–Trinajstić information content (AvgIpc) is 3.00. The maximum Gasteiger partial charge on any atom is 0.305 e. The molecule has 1 aromatic rings. The summed E-state index contributed by atoms with van der Waals surface area (Å²) in [5, 5.41) is 15.5. The molecule has 7 heteroatoms. The van der Waals surface area contributed by atoms with Crippen molar-refractivity contribution in [1.29, 1.82) is 0 Å². The molecule has 0 aliphatic carbocycles. The van der Waals surface area contributed by atoms with E-state index in [9.17, 15) is 14.8 Å². The number of esters is 1. The van der Waals surface area contributed by atoms with Crippen LogP contribution in [0.3, 0.4) is 0 Å². The monoisotopic (exact) mass is 348 g/mol. The van der Waals surface area contributed by atoms with E-state index in [4.69, 9.17) is 0 Å². The molecule has 6 nitrogen and oxygen atoms in total. The lowest BCUT2D eigenvalue weighted by atomic mass is 10.1. The Morgan fingerprint density at radius 3 is 2.83 bits per heavy atom. The van der Waals surface area contributed by atoms with E-state index in [1.807, 2.05) is 12.1 Å². The molecule has 128 valence electrons. The predicted octanol–water partition coefficient (Wildman–Crippen LogP) is 2.59. The van der Waals surface area contributed by atoms with Gasteiger partial charge in [0, 0.05) is 22.6 Å². The fourth-order valence-electron chi connectivity index (χ4n) is 2.30. The van der Waals surface area contributed by atoms with Crippen molar-refractivity contribution in [2.45, 2.75) is 25.3 Å². The van der Waals surface area contributed by atoms with E-state index in [2.05, 4.69) is 15.2 Å². The highest BCUT2D eigenvalue weighted by molar-refractivity contribution is 8.04. The standard InChI is InChI=1S/C17H20N2O4S/c1-23-15(20)10-6-5-9-14-16(19-22)13(11-24-14)18-17(21)12-7-3-2-4-8-12/h2-4,7-9,13,22H,5-6,10-11H2,1H3,(H,18,21)/b14-9+,19-16-/t13-/m0/s1. The lowest BCUT2D eigenvalue weighted by molar-refractivity contribution is -0.140. The van der Waals surface area contributed by atoms with Crippen LogP contribution in [-0.4, -0.2) is 41.7 Å². The first-order chi connectivity index (χ1) is 11.7. The number of rotatable bonds is 6. The number of ether oxygens (including phenoxy) is 1. The third-order valence-electron chi connectivity index (χ3n) is 3.58. The molecule has 0 unspecified atom stereocenters. The first-order valence-electron chi connectivity index (χ1n) is 7.63. The number of methoxy groups -OCH3 is 1. The molecule has 1 atom stereocenters. The van der Waals surface area contributed by atoms with Crippen molar-refractivity contribution in [3.8, 4) is 0 Å². The predicted molar refractivity (Wildman–Crippen MR) is 93.3 cm³/mol. The van der Waals surface area contributed by atoms with E-state index in [-0.39, 0.29) is 17.9 Å². The van der Waals surface area contributed by atoms with Gasteiger partial charge in [-0.15, -0.1) is 11.8 Å². The van der Waals surface area contributed by atoms with Gasteiger partial charge in [-0.05, 0) is 25.0 Å². The Bertz CT molecular complexity index is 643. The lowest BCUT2D eigenvalue weighted by Crippen LogP contribution is -2.39. The molecule has 1 saturated heterocycles. The molecule has 0 spiro atoms. The van der Waals surface area contributed by atoms with Crippen LogP contribution in [0.5, 0.6) is 0 Å². The third-order valence-corrected chi connectivity index (χ3v) is 4.77. The number of amides is 1. The van der Waals surface area contributed by atoms with E-state index in [1.165, 1.54) is 18.9 Å². The summed E-state index contributed by atoms with van der Waals surface area (Å²) in [6, 6.07) is 8.57. The zero-order valence-corrected chi connectivity index (χ0v) is 14.2. The van der Waals surface area contributed by atoms with Gasteiger partial charge in [0.25, 0.3) is 5.91 Å². The number of carbonyl (C=O) groups excluding carboxylic acids is 2. The topological polar surface area (TPSA) is 88.0 Å². The summed E-state index contributed by atoms with van der Waals surface area (Å²) in [5.41, 5.74) is 1.03. The minimum absolute atomic E-state index is 0.200. The number of hydrogen-bond donors (Lipinski definition) is 2. The molecule has 1 fully saturated rings. The van der Waals surface area contributed by atoms with Crippen LogP contribution in [0, 0.1) is 0 Å². The van der Waals surface area contributed by atoms with Crippen LogP contribution in [0.4, 0.5) is 0 Å². The Morgan fingerprint density at radius 1 is 1.42 bits per heavy atom. The summed E-state index contributed by atoms with van der Waals surface area (Å²) in [7, 11) is 1.37. The maximum absolute atomic E-state index is 12.2. The number of carbonyl (C=O) groups is 2. The Morgan fingerprint density at radius 2 is 2.17 bits per heavy atom. The van der Waals surface area contributed by atoms with Crippen LogP contribution >= 0.6 is 11.8 Å². The smallest absolute Gasteiger partial charge is 0.305 e. The SMILES string of the molecule is COC(=O)CCC/C=C1/SC[C@H](NC(=O)c2ccccc2)/C1=N/O. The Kier molecular flexibility index (Phi) is 6.87. The van der Waals surface area contributed by atoms with E-state index in [0.717, 1.165) is 4.91 Å². The van der Waals surface area contributed by atoms with Crippen molar-refractivity contribution in [2.75, 3.05) is 12.9 Å². The van der Waals surface area contributed by atoms with Crippen molar-refractivity contribution in [3.05, 3.63) is 46.9 Å². The lowest BCUT2D eigenvalue weighted by Gasteiger charge is -2.12. The van der Waals surface area contributed by atoms with Crippen molar-refractivity contribution in [2.24, 2.45) is 5.16 Å². The van der Waals surface area contributed by atoms with Gasteiger partial charge in [-0.3, -0.25) is 9.59 Å². The highest BCUT2D eigenvalue weighted by atomic mass is 32.2. The first-order valence-corrected chi connectivity index (χ1v) is 8.62. The second-order valence-electron chi connectivity index (χ2n) is 5.23. The first kappa shape index (κ1) is 18.1. The summed E-state index contributed by atoms with van der Waals surface area (Å²) in [4.78, 5) is 24.1. The van der Waals surface area contributed by atoms with Gasteiger partial charge in [0.05, 0.1) is 13.2 Å². The number of oxime groups is 1. The van der Waals surface area contributed by atoms with Crippen LogP contribution < -0.4 is 5.32 Å². The van der Waals surface area contributed by atoms with E-state index in [1.54, 1.807) is 24.3 Å². The maximum atomic E-state index is 12.2. The second kappa shape index (κ2) is 9.12. The molecular weight excluding hydrogens is 328 g/mol. The van der Waals surface area contributed by atoms with Gasteiger partial charge in [-0.2, -0.15) is 0 Å². The average molecular weight is 348 g/mol. The van der Waals surface area contributed by atoms with Gasteiger partial charge in [0.1, 0.15) is 5.71 Å². The number of hydrogen-bond acceptors (Lipinski definition) is 6. The fourth-order valence-corrected chi connectivity index (χ4v) is 3.46. The van der Waals surface area contributed by atoms with Crippen molar-refractivity contribution >= 4 is 29.4 Å². The summed E-state index contributed by atoms with van der Waals surface area (Å²) in [6.45, 7) is 0. The Hall–Kier alpha value is -2.28. The van der Waals surface area contributed by atoms with Crippen LogP contribution in [0.15, 0.2) is 46.5 Å². The molecule has 0 radical (unpaired) electrons. The summed E-state index contributed by atoms with van der Waals surface area (Å²) >= 11 is 1.52. The van der Waals surface area contributed by atoms with Crippen LogP contribution in [0.25, 0.3) is 0 Å². The molecule has 1 aliphatic rings. The van der Waals surface area contributed by atoms with Gasteiger partial charge in [0.2, 0.25) is 0 Å². The third kappa shape index (κ3) is 4.86. The Balaban J connectivity index is 1.92. The number of thioether (sulfide) groups is 1. The zero-order chi connectivity index (χ0) is 17.4. The molecular formula is C17H20N2O4S. The summed E-state index contributed by atoms with van der Waals surface area (Å²) in [5.74, 6) is 0.173. The molecule has 24 heavy (non-hydrogen) atoms. The largest absolute Gasteiger partial charge is 0.469 e. The minimum Gasteiger partial charge on any atom is -0.469 e. The van der Waals surface area contributed by atoms with Gasteiger partial charge < -0.3 is 15.3 Å². The molecule has 1 heterocycles. The van der Waals surface area contributed by atoms with Crippen molar-refractivity contribution < 1.29 is 19.5 Å². The van der Waals surface area contributed by atoms with Crippen molar-refractivity contribution in [1.82, 2.24) is 5.32 Å². The highest BCUT2D eigenvalue weighted by Gasteiger charge is 2.30. The highest BCUT2D eigenvalue weighted by Crippen LogP contribution is 2.29. The molecule has 1 amide bonds. The van der Waals surface area contributed by atoms with Crippen LogP contribution in [0.1, 0.15) is 29.6 Å². The van der Waals surface area contributed by atoms with Crippen molar-refractivity contribution in [3.63, 3.8) is 0 Å². The molecule has 0 saturated carbocycles. The number of benzene rings is 1. The minimum atomic E-state index is -0.334. The molecule has 1 aliphatic heterocycles. The molecule has 1 aromatic carbocycles. The molecule has 0 bridgehead atoms. The molecule has 2 N–H and O–H groups in total. The number of nitrogens with zero attached hydrogens (tertiary/aromatic N) is 1. The molecule has 0 aromatic heterocycles. The van der Waals surface area contributed by atoms with E-state index in [0.29, 0.717) is 36.3 Å². The normalized spacial score (nSPS) is 20.3. The van der Waals surface area contributed by atoms with Gasteiger partial charge in [-0.25, -0.2) is 0 Å². The summed E-state index contributed by atoms with van der Waals surface area (Å²) < 4.78 is 4.59. The number of allylic oxidation sites excluding steroid dienone is 1. The second-order valence-corrected chi connectivity index (χ2v) is 6.29. The Labute approximate surface area is 145 Å². The van der Waals surface area contributed by atoms with Gasteiger partial charge in [-0.1, -0.05) is 29.4 Å². The van der Waals surface area contributed by atoms with Gasteiger partial charge >= 0.3 is 5.97 Å². The summed E-state index contributed by atoms with van der Waals surface area (Å²) in [6.07, 6.45) is 3.62. The van der Waals surface area contributed by atoms with Crippen LogP contribution in [-0.2, 0) is 9.53 Å². The zero-order valence-electron chi connectivity index (χ0n) is 13.4. The van der Waals surface area contributed by atoms with Crippen LogP contribution in [0.2, 0.25) is 0 Å². The van der Waals surface area contributed by atoms with E-state index >= 15 is 0 Å². The fraction of sp³-hybridized carbons (Fsp3) is 0.353. The van der Waals surface area contributed by atoms with Gasteiger partial charge in [0.15, 0.2) is 0 Å².